The third-order valence-electron chi connectivity index (χ3n) is 3.47. The van der Waals surface area contributed by atoms with E-state index in [1.54, 1.807) is 0 Å². The third-order valence-corrected chi connectivity index (χ3v) is 4.97. The lowest BCUT2D eigenvalue weighted by Crippen LogP contribution is -2.32. The first kappa shape index (κ1) is 15.2. The molecule has 22 heavy (non-hydrogen) atoms. The molecule has 0 radical (unpaired) electrons. The van der Waals surface area contributed by atoms with E-state index in [-0.39, 0.29) is 3.92 Å². The zero-order valence-corrected chi connectivity index (χ0v) is 14.2. The van der Waals surface area contributed by atoms with Gasteiger partial charge >= 0.3 is 0 Å². The summed E-state index contributed by atoms with van der Waals surface area (Å²) in [6.45, 7) is 0.709. The van der Waals surface area contributed by atoms with Gasteiger partial charge in [0.05, 0.1) is 10.5 Å². The fourth-order valence-electron chi connectivity index (χ4n) is 2.25. The number of hydrogen-bond donors (Lipinski definition) is 0. The smallest absolute Gasteiger partial charge is 0.202 e. The van der Waals surface area contributed by atoms with Crippen molar-refractivity contribution in [2.75, 3.05) is 6.61 Å². The van der Waals surface area contributed by atoms with Crippen molar-refractivity contribution in [2.45, 2.75) is 15.9 Å². The molecule has 1 heterocycles. The molecule has 3 rings (SSSR count). The van der Waals surface area contributed by atoms with Crippen LogP contribution in [0.5, 0.6) is 0 Å². The van der Waals surface area contributed by atoms with Crippen LogP contribution in [0.1, 0.15) is 17.5 Å². The highest BCUT2D eigenvalue weighted by molar-refractivity contribution is 14.1. The van der Waals surface area contributed by atoms with E-state index >= 15 is 0 Å². The van der Waals surface area contributed by atoms with Crippen molar-refractivity contribution >= 4 is 22.6 Å². The fourth-order valence-corrected chi connectivity index (χ4v) is 3.00. The zero-order chi connectivity index (χ0) is 15.3. The molecule has 0 saturated carbocycles. The Bertz CT molecular complexity index is 687. The van der Waals surface area contributed by atoms with Crippen LogP contribution in [0.3, 0.4) is 0 Å². The lowest BCUT2D eigenvalue weighted by Gasteiger charge is -2.19. The predicted molar refractivity (Wildman–Crippen MR) is 97.7 cm³/mol. The van der Waals surface area contributed by atoms with Gasteiger partial charge in [-0.25, -0.2) is 0 Å². The van der Waals surface area contributed by atoms with Crippen LogP contribution in [0.4, 0.5) is 0 Å². The highest BCUT2D eigenvalue weighted by Gasteiger charge is 2.40. The summed E-state index contributed by atoms with van der Waals surface area (Å²) < 4.78 is 6.22. The second-order valence-corrected chi connectivity index (χ2v) is 6.58. The Kier molecular flexibility index (Phi) is 4.83. The van der Waals surface area contributed by atoms with E-state index in [1.807, 2.05) is 60.7 Å². The normalized spacial score (nSPS) is 18.7. The molecule has 1 nitrogen and oxygen atoms in total. The molecule has 1 aliphatic rings. The molecular weight excluding hydrogens is 383 g/mol. The minimum Gasteiger partial charge on any atom is -0.350 e. The second kappa shape index (κ2) is 7.01. The molecule has 0 amide bonds. The van der Waals surface area contributed by atoms with Gasteiger partial charge in [0.15, 0.2) is 0 Å². The molecule has 0 bridgehead atoms. The summed E-state index contributed by atoms with van der Waals surface area (Å²) in [5, 5.41) is 0. The van der Waals surface area contributed by atoms with Crippen molar-refractivity contribution in [1.82, 2.24) is 0 Å². The molecular formula is C20H15IO. The van der Waals surface area contributed by atoms with Crippen molar-refractivity contribution in [1.29, 1.82) is 0 Å². The van der Waals surface area contributed by atoms with E-state index in [0.717, 1.165) is 17.5 Å². The number of alkyl halides is 1. The lowest BCUT2D eigenvalue weighted by atomic mass is 10.00. The van der Waals surface area contributed by atoms with Crippen molar-refractivity contribution in [3.63, 3.8) is 0 Å². The summed E-state index contributed by atoms with van der Waals surface area (Å²) in [6.07, 6.45) is 0.980. The highest BCUT2D eigenvalue weighted by Crippen LogP contribution is 2.32. The van der Waals surface area contributed by atoms with Gasteiger partial charge in [-0.3, -0.25) is 0 Å². The molecule has 2 aromatic carbocycles. The number of benzene rings is 2. The number of hydrogen-bond acceptors (Lipinski definition) is 1. The Morgan fingerprint density at radius 1 is 0.864 bits per heavy atom. The number of halogens is 1. The molecule has 2 heteroatoms. The monoisotopic (exact) mass is 398 g/mol. The molecule has 0 aliphatic carbocycles. The largest absolute Gasteiger partial charge is 0.350 e. The van der Waals surface area contributed by atoms with E-state index < -0.39 is 5.60 Å². The number of ether oxygens (including phenoxy) is 1. The average Bonchev–Trinajstić information content (AvgIpc) is 2.94. The number of rotatable bonds is 0. The third kappa shape index (κ3) is 3.53. The Morgan fingerprint density at radius 2 is 1.36 bits per heavy atom. The van der Waals surface area contributed by atoms with E-state index in [1.165, 1.54) is 0 Å². The average molecular weight is 398 g/mol. The standard InChI is InChI=1S/C20H15IO/c21-19-13-16-22-20(19,14-11-17-7-3-1-4-8-17)15-12-18-9-5-2-6-10-18/h1-10,19H,13,16H2. The molecule has 1 unspecified atom stereocenters. The first-order chi connectivity index (χ1) is 10.8. The van der Waals surface area contributed by atoms with E-state index in [2.05, 4.69) is 46.3 Å². The molecule has 0 N–H and O–H groups in total. The van der Waals surface area contributed by atoms with Gasteiger partial charge in [-0.15, -0.1) is 0 Å². The van der Waals surface area contributed by atoms with Gasteiger partial charge in [0.2, 0.25) is 5.60 Å². The maximum Gasteiger partial charge on any atom is 0.202 e. The summed E-state index contributed by atoms with van der Waals surface area (Å²) in [6, 6.07) is 19.9. The Balaban J connectivity index is 1.94. The summed E-state index contributed by atoms with van der Waals surface area (Å²) in [7, 11) is 0. The van der Waals surface area contributed by atoms with Gasteiger partial charge < -0.3 is 4.74 Å². The van der Waals surface area contributed by atoms with E-state index in [4.69, 9.17) is 4.74 Å². The van der Waals surface area contributed by atoms with Crippen LogP contribution in [-0.2, 0) is 4.74 Å². The minimum atomic E-state index is -0.674. The molecule has 0 aromatic heterocycles. The molecule has 0 spiro atoms. The van der Waals surface area contributed by atoms with Crippen molar-refractivity contribution in [3.05, 3.63) is 71.8 Å². The molecule has 1 aliphatic heterocycles. The van der Waals surface area contributed by atoms with E-state index in [0.29, 0.717) is 6.61 Å². The van der Waals surface area contributed by atoms with Crippen molar-refractivity contribution in [2.24, 2.45) is 0 Å². The van der Waals surface area contributed by atoms with Crippen LogP contribution in [-0.4, -0.2) is 16.1 Å². The van der Waals surface area contributed by atoms with Gasteiger partial charge in [0.1, 0.15) is 0 Å². The van der Waals surface area contributed by atoms with E-state index in [9.17, 15) is 0 Å². The van der Waals surface area contributed by atoms with Crippen molar-refractivity contribution in [3.8, 4) is 23.7 Å². The Morgan fingerprint density at radius 3 is 1.77 bits per heavy atom. The molecule has 2 aromatic rings. The highest BCUT2D eigenvalue weighted by atomic mass is 127. The first-order valence-corrected chi connectivity index (χ1v) is 8.47. The van der Waals surface area contributed by atoms with Gasteiger partial charge in [0.25, 0.3) is 0 Å². The van der Waals surface area contributed by atoms with Crippen molar-refractivity contribution < 1.29 is 4.74 Å². The maximum atomic E-state index is 5.94. The van der Waals surface area contributed by atoms with Crippen LogP contribution in [0, 0.1) is 23.7 Å². The van der Waals surface area contributed by atoms with Crippen LogP contribution >= 0.6 is 22.6 Å². The maximum absolute atomic E-state index is 5.94. The van der Waals surface area contributed by atoms with Crippen LogP contribution in [0.15, 0.2) is 60.7 Å². The summed E-state index contributed by atoms with van der Waals surface area (Å²) in [4.78, 5) is 0. The summed E-state index contributed by atoms with van der Waals surface area (Å²) >= 11 is 2.40. The molecule has 108 valence electrons. The fraction of sp³-hybridized carbons (Fsp3) is 0.200. The van der Waals surface area contributed by atoms with Gasteiger partial charge in [0, 0.05) is 11.1 Å². The molecule has 1 saturated heterocycles. The second-order valence-electron chi connectivity index (χ2n) is 5.07. The van der Waals surface area contributed by atoms with Gasteiger partial charge in [-0.2, -0.15) is 0 Å². The zero-order valence-electron chi connectivity index (χ0n) is 12.1. The van der Waals surface area contributed by atoms with Crippen LogP contribution in [0.2, 0.25) is 0 Å². The van der Waals surface area contributed by atoms with Gasteiger partial charge in [-0.1, -0.05) is 70.8 Å². The van der Waals surface area contributed by atoms with Crippen LogP contribution in [0.25, 0.3) is 0 Å². The quantitative estimate of drug-likeness (QED) is 0.370. The molecule has 1 fully saturated rings. The summed E-state index contributed by atoms with van der Waals surface area (Å²) in [5.41, 5.74) is 1.30. The SMILES string of the molecule is IC1CCOC1(C#Cc1ccccc1)C#Cc1ccccc1. The van der Waals surface area contributed by atoms with Crippen LogP contribution < -0.4 is 0 Å². The topological polar surface area (TPSA) is 9.23 Å². The lowest BCUT2D eigenvalue weighted by molar-refractivity contribution is 0.104. The minimum absolute atomic E-state index is 0.275. The van der Waals surface area contributed by atoms with Gasteiger partial charge in [-0.05, 0) is 42.5 Å². The first-order valence-electron chi connectivity index (χ1n) is 7.23. The predicted octanol–water partition coefficient (Wildman–Crippen LogP) is 4.05. The summed E-state index contributed by atoms with van der Waals surface area (Å²) in [5.74, 6) is 13.0. The Labute approximate surface area is 145 Å². The Hall–Kier alpha value is -1.75. The molecule has 1 atom stereocenters.